The first kappa shape index (κ1) is 23.7. The molecule has 0 saturated carbocycles. The van der Waals surface area contributed by atoms with E-state index in [4.69, 9.17) is 4.74 Å². The molecule has 0 amide bonds. The first-order chi connectivity index (χ1) is 16.1. The highest BCUT2D eigenvalue weighted by Gasteiger charge is 2.33. The second kappa shape index (κ2) is 9.06. The van der Waals surface area contributed by atoms with E-state index in [0.29, 0.717) is 20.6 Å². The molecule has 34 heavy (non-hydrogen) atoms. The van der Waals surface area contributed by atoms with Gasteiger partial charge in [-0.05, 0) is 50.1 Å². The lowest BCUT2D eigenvalue weighted by atomic mass is 9.95. The van der Waals surface area contributed by atoms with Crippen LogP contribution in [0.3, 0.4) is 0 Å². The summed E-state index contributed by atoms with van der Waals surface area (Å²) in [5, 5.41) is 0. The van der Waals surface area contributed by atoms with Gasteiger partial charge in [0.25, 0.3) is 5.56 Å². The second-order valence-corrected chi connectivity index (χ2v) is 8.84. The third-order valence-corrected chi connectivity index (χ3v) is 6.43. The van der Waals surface area contributed by atoms with E-state index in [0.717, 1.165) is 34.6 Å². The molecule has 1 aromatic heterocycles. The normalized spacial score (nSPS) is 16.3. The summed E-state index contributed by atoms with van der Waals surface area (Å²) in [4.78, 5) is 31.2. The molecule has 0 N–H and O–H groups in total. The Morgan fingerprint density at radius 3 is 2.35 bits per heavy atom. The zero-order valence-electron chi connectivity index (χ0n) is 18.6. The highest BCUT2D eigenvalue weighted by atomic mass is 32.1. The van der Waals surface area contributed by atoms with Crippen LogP contribution in [0.15, 0.2) is 69.6 Å². The van der Waals surface area contributed by atoms with Gasteiger partial charge in [-0.2, -0.15) is 13.2 Å². The fourth-order valence-electron chi connectivity index (χ4n) is 3.78. The van der Waals surface area contributed by atoms with Gasteiger partial charge in [0.05, 0.1) is 34.0 Å². The maximum atomic E-state index is 13.5. The van der Waals surface area contributed by atoms with E-state index >= 15 is 0 Å². The molecule has 5 nitrogen and oxygen atoms in total. The minimum atomic E-state index is -4.44. The summed E-state index contributed by atoms with van der Waals surface area (Å²) in [6.07, 6.45) is -2.91. The number of halogens is 3. The van der Waals surface area contributed by atoms with E-state index < -0.39 is 23.8 Å². The molecule has 1 aliphatic rings. The highest BCUT2D eigenvalue weighted by molar-refractivity contribution is 7.07. The molecule has 2 aromatic carbocycles. The van der Waals surface area contributed by atoms with Crippen LogP contribution in [-0.4, -0.2) is 17.1 Å². The maximum Gasteiger partial charge on any atom is 0.416 e. The summed E-state index contributed by atoms with van der Waals surface area (Å²) in [5.41, 5.74) is 1.78. The van der Waals surface area contributed by atoms with Crippen LogP contribution in [0.5, 0.6) is 0 Å². The fraction of sp³-hybridized carbons (Fsp3) is 0.240. The molecule has 1 aliphatic heterocycles. The van der Waals surface area contributed by atoms with Gasteiger partial charge in [-0.25, -0.2) is 9.79 Å². The molecule has 2 heterocycles. The molecule has 9 heteroatoms. The number of hydrogen-bond donors (Lipinski definition) is 0. The summed E-state index contributed by atoms with van der Waals surface area (Å²) in [5.74, 6) is -0.550. The third-order valence-electron chi connectivity index (χ3n) is 5.45. The molecule has 4 rings (SSSR count). The van der Waals surface area contributed by atoms with Crippen LogP contribution in [0, 0.1) is 6.92 Å². The van der Waals surface area contributed by atoms with Gasteiger partial charge in [-0.3, -0.25) is 9.36 Å². The van der Waals surface area contributed by atoms with Gasteiger partial charge >= 0.3 is 12.1 Å². The van der Waals surface area contributed by atoms with Crippen LogP contribution in [-0.2, 0) is 15.7 Å². The van der Waals surface area contributed by atoms with Gasteiger partial charge in [-0.1, -0.05) is 53.3 Å². The lowest BCUT2D eigenvalue weighted by Gasteiger charge is -2.24. The van der Waals surface area contributed by atoms with E-state index in [9.17, 15) is 22.8 Å². The number of aryl methyl sites for hydroxylation is 1. The predicted molar refractivity (Wildman–Crippen MR) is 123 cm³/mol. The van der Waals surface area contributed by atoms with Crippen LogP contribution in [0.2, 0.25) is 0 Å². The van der Waals surface area contributed by atoms with Gasteiger partial charge in [-0.15, -0.1) is 0 Å². The van der Waals surface area contributed by atoms with Gasteiger partial charge in [0.2, 0.25) is 0 Å². The number of benzene rings is 2. The number of esters is 1. The Morgan fingerprint density at radius 2 is 1.76 bits per heavy atom. The topological polar surface area (TPSA) is 60.7 Å². The number of nitrogens with zero attached hydrogens (tertiary/aromatic N) is 2. The Hall–Kier alpha value is -3.46. The lowest BCUT2D eigenvalue weighted by Crippen LogP contribution is -2.39. The van der Waals surface area contributed by atoms with Crippen molar-refractivity contribution in [1.29, 1.82) is 0 Å². The molecular formula is C25H21F3N2O3S. The van der Waals surface area contributed by atoms with Crippen LogP contribution in [0.4, 0.5) is 13.2 Å². The standard InChI is InChI=1S/C25H21F3N2O3S/c1-4-33-23(32)20-15(3)29-24-30(21(20)17-9-5-14(2)6-10-17)22(31)19(34-24)13-16-7-11-18(12-8-16)25(26,27)28/h5-13,21H,4H2,1-3H3/b19-13+/t21-/m0/s1. The van der Waals surface area contributed by atoms with E-state index in [1.165, 1.54) is 22.8 Å². The number of thiazole rings is 1. The molecule has 0 fully saturated rings. The number of rotatable bonds is 4. The second-order valence-electron chi connectivity index (χ2n) is 7.83. The Balaban J connectivity index is 1.88. The van der Waals surface area contributed by atoms with Crippen molar-refractivity contribution < 1.29 is 22.7 Å². The van der Waals surface area contributed by atoms with Crippen molar-refractivity contribution >= 4 is 23.4 Å². The van der Waals surface area contributed by atoms with Crippen molar-refractivity contribution in [1.82, 2.24) is 4.57 Å². The third kappa shape index (κ3) is 4.48. The molecular weight excluding hydrogens is 465 g/mol. The average molecular weight is 487 g/mol. The van der Waals surface area contributed by atoms with Gasteiger partial charge in [0, 0.05) is 0 Å². The van der Waals surface area contributed by atoms with E-state index in [-0.39, 0.29) is 17.7 Å². The molecule has 3 aromatic rings. The zero-order chi connectivity index (χ0) is 24.6. The maximum absolute atomic E-state index is 13.5. The summed E-state index contributed by atoms with van der Waals surface area (Å²) < 4.78 is 45.6. The Labute approximate surface area is 197 Å². The average Bonchev–Trinajstić information content (AvgIpc) is 3.08. The SMILES string of the molecule is CCOC(=O)C1=C(C)N=c2s/c(=C/c3ccc(C(F)(F)F)cc3)c(=O)n2[C@H]1c1ccc(C)cc1. The first-order valence-electron chi connectivity index (χ1n) is 10.5. The Bertz CT molecular complexity index is 1450. The fourth-order valence-corrected chi connectivity index (χ4v) is 4.82. The minimum absolute atomic E-state index is 0.175. The monoisotopic (exact) mass is 486 g/mol. The van der Waals surface area contributed by atoms with Crippen molar-refractivity contribution in [2.24, 2.45) is 4.99 Å². The van der Waals surface area contributed by atoms with E-state index in [1.807, 2.05) is 31.2 Å². The molecule has 0 bridgehead atoms. The molecule has 0 radical (unpaired) electrons. The van der Waals surface area contributed by atoms with Gasteiger partial charge in [0.15, 0.2) is 4.80 Å². The summed E-state index contributed by atoms with van der Waals surface area (Å²) in [6.45, 7) is 5.51. The number of carbonyl (C=O) groups excluding carboxylic acids is 1. The van der Waals surface area contributed by atoms with Crippen LogP contribution in [0.1, 0.15) is 42.1 Å². The number of carbonyl (C=O) groups is 1. The van der Waals surface area contributed by atoms with Crippen molar-refractivity contribution in [3.63, 3.8) is 0 Å². The summed E-state index contributed by atoms with van der Waals surface area (Å²) >= 11 is 1.12. The van der Waals surface area contributed by atoms with Crippen LogP contribution >= 0.6 is 11.3 Å². The number of hydrogen-bond acceptors (Lipinski definition) is 5. The summed E-state index contributed by atoms with van der Waals surface area (Å²) in [7, 11) is 0. The van der Waals surface area contributed by atoms with Crippen molar-refractivity contribution in [2.75, 3.05) is 6.61 Å². The largest absolute Gasteiger partial charge is 0.463 e. The lowest BCUT2D eigenvalue weighted by molar-refractivity contribution is -0.139. The number of ether oxygens (including phenoxy) is 1. The van der Waals surface area contributed by atoms with Crippen LogP contribution < -0.4 is 14.9 Å². The number of aromatic nitrogens is 1. The number of allylic oxidation sites excluding steroid dienone is 1. The van der Waals surface area contributed by atoms with E-state index in [2.05, 4.69) is 4.99 Å². The minimum Gasteiger partial charge on any atom is -0.463 e. The first-order valence-corrected chi connectivity index (χ1v) is 11.3. The molecule has 0 spiro atoms. The van der Waals surface area contributed by atoms with Gasteiger partial charge < -0.3 is 4.74 Å². The summed E-state index contributed by atoms with van der Waals surface area (Å²) in [6, 6.07) is 11.3. The number of alkyl halides is 3. The van der Waals surface area contributed by atoms with Crippen LogP contribution in [0.25, 0.3) is 6.08 Å². The molecule has 0 unspecified atom stereocenters. The Morgan fingerprint density at radius 1 is 1.12 bits per heavy atom. The molecule has 176 valence electrons. The van der Waals surface area contributed by atoms with E-state index in [1.54, 1.807) is 13.8 Å². The van der Waals surface area contributed by atoms with Crippen molar-refractivity contribution in [3.05, 3.63) is 102 Å². The zero-order valence-corrected chi connectivity index (χ0v) is 19.5. The highest BCUT2D eigenvalue weighted by Crippen LogP contribution is 2.31. The smallest absolute Gasteiger partial charge is 0.416 e. The Kier molecular flexibility index (Phi) is 6.31. The molecule has 1 atom stereocenters. The predicted octanol–water partition coefficient (Wildman–Crippen LogP) is 4.13. The molecule has 0 aliphatic carbocycles. The van der Waals surface area contributed by atoms with Crippen molar-refractivity contribution in [3.8, 4) is 0 Å². The quantitative estimate of drug-likeness (QED) is 0.521. The number of fused-ring (bicyclic) bond motifs is 1. The molecule has 0 saturated heterocycles. The van der Waals surface area contributed by atoms with Gasteiger partial charge in [0.1, 0.15) is 0 Å². The van der Waals surface area contributed by atoms with Crippen molar-refractivity contribution in [2.45, 2.75) is 33.0 Å².